The maximum atomic E-state index is 5.38. The second-order valence-corrected chi connectivity index (χ2v) is 6.15. The zero-order valence-electron chi connectivity index (χ0n) is 15.5. The van der Waals surface area contributed by atoms with Crippen LogP contribution in [0, 0.1) is 0 Å². The summed E-state index contributed by atoms with van der Waals surface area (Å²) >= 11 is 0. The predicted molar refractivity (Wildman–Crippen MR) is 104 cm³/mol. The standard InChI is InChI=1S/C20H28N4O/c1-21-20(23-14-18-10-5-6-11-19(18)25-4)22-13-16-8-7-9-17(12-16)15-24(2)3/h5-12H,13-15H2,1-4H3,(H2,21,22,23). The van der Waals surface area contributed by atoms with Crippen molar-refractivity contribution in [2.24, 2.45) is 4.99 Å². The predicted octanol–water partition coefficient (Wildman–Crippen LogP) is 2.62. The van der Waals surface area contributed by atoms with E-state index in [2.05, 4.69) is 58.9 Å². The summed E-state index contributed by atoms with van der Waals surface area (Å²) in [6.45, 7) is 2.33. The fourth-order valence-corrected chi connectivity index (χ4v) is 2.64. The van der Waals surface area contributed by atoms with Gasteiger partial charge in [0.05, 0.1) is 7.11 Å². The Kier molecular flexibility index (Phi) is 7.29. The van der Waals surface area contributed by atoms with E-state index in [1.807, 2.05) is 24.3 Å². The molecular weight excluding hydrogens is 312 g/mol. The van der Waals surface area contributed by atoms with Gasteiger partial charge < -0.3 is 20.3 Å². The molecule has 0 saturated heterocycles. The van der Waals surface area contributed by atoms with Crippen molar-refractivity contribution in [2.75, 3.05) is 28.3 Å². The van der Waals surface area contributed by atoms with Crippen LogP contribution in [0.3, 0.4) is 0 Å². The first-order valence-electron chi connectivity index (χ1n) is 8.41. The van der Waals surface area contributed by atoms with E-state index in [0.717, 1.165) is 30.4 Å². The van der Waals surface area contributed by atoms with Crippen molar-refractivity contribution in [3.05, 3.63) is 65.2 Å². The van der Waals surface area contributed by atoms with E-state index in [4.69, 9.17) is 4.74 Å². The number of nitrogens with one attached hydrogen (secondary N) is 2. The van der Waals surface area contributed by atoms with E-state index in [-0.39, 0.29) is 0 Å². The second-order valence-electron chi connectivity index (χ2n) is 6.15. The number of hydrogen-bond donors (Lipinski definition) is 2. The van der Waals surface area contributed by atoms with Crippen molar-refractivity contribution in [1.29, 1.82) is 0 Å². The van der Waals surface area contributed by atoms with Crippen LogP contribution in [0.1, 0.15) is 16.7 Å². The van der Waals surface area contributed by atoms with Gasteiger partial charge in [0.15, 0.2) is 5.96 Å². The van der Waals surface area contributed by atoms with Gasteiger partial charge in [-0.1, -0.05) is 42.5 Å². The molecule has 2 rings (SSSR count). The maximum absolute atomic E-state index is 5.38. The van der Waals surface area contributed by atoms with E-state index in [1.165, 1.54) is 11.1 Å². The molecule has 0 bridgehead atoms. The lowest BCUT2D eigenvalue weighted by atomic mass is 10.1. The lowest BCUT2D eigenvalue weighted by Crippen LogP contribution is -2.36. The van der Waals surface area contributed by atoms with Crippen molar-refractivity contribution in [3.63, 3.8) is 0 Å². The number of rotatable bonds is 7. The lowest BCUT2D eigenvalue weighted by molar-refractivity contribution is 0.402. The summed E-state index contributed by atoms with van der Waals surface area (Å²) in [5, 5.41) is 6.69. The molecule has 2 aromatic rings. The Labute approximate surface area is 150 Å². The molecule has 0 unspecified atom stereocenters. The molecule has 2 aromatic carbocycles. The fourth-order valence-electron chi connectivity index (χ4n) is 2.64. The summed E-state index contributed by atoms with van der Waals surface area (Å²) in [7, 11) is 7.62. The normalized spacial score (nSPS) is 11.5. The summed E-state index contributed by atoms with van der Waals surface area (Å²) in [5.41, 5.74) is 3.64. The third-order valence-electron chi connectivity index (χ3n) is 3.81. The molecule has 0 amide bonds. The number of methoxy groups -OCH3 is 1. The zero-order valence-corrected chi connectivity index (χ0v) is 15.5. The van der Waals surface area contributed by atoms with Crippen LogP contribution in [-0.2, 0) is 19.6 Å². The van der Waals surface area contributed by atoms with E-state index in [1.54, 1.807) is 14.2 Å². The average Bonchev–Trinajstić information content (AvgIpc) is 2.62. The number of nitrogens with zero attached hydrogens (tertiary/aromatic N) is 2. The van der Waals surface area contributed by atoms with Gasteiger partial charge in [0, 0.05) is 32.2 Å². The largest absolute Gasteiger partial charge is 0.496 e. The van der Waals surface area contributed by atoms with E-state index >= 15 is 0 Å². The molecule has 0 atom stereocenters. The first-order chi connectivity index (χ1) is 12.1. The van der Waals surface area contributed by atoms with Gasteiger partial charge in [-0.3, -0.25) is 4.99 Å². The molecule has 0 fully saturated rings. The molecular formula is C20H28N4O. The molecule has 134 valence electrons. The van der Waals surface area contributed by atoms with Crippen LogP contribution < -0.4 is 15.4 Å². The van der Waals surface area contributed by atoms with Crippen LogP contribution in [0.15, 0.2) is 53.5 Å². The van der Waals surface area contributed by atoms with Gasteiger partial charge in [0.25, 0.3) is 0 Å². The Morgan fingerprint density at radius 2 is 1.72 bits per heavy atom. The van der Waals surface area contributed by atoms with Crippen LogP contribution in [0.2, 0.25) is 0 Å². The molecule has 0 heterocycles. The van der Waals surface area contributed by atoms with Crippen molar-refractivity contribution >= 4 is 5.96 Å². The highest BCUT2D eigenvalue weighted by Gasteiger charge is 2.04. The third-order valence-corrected chi connectivity index (χ3v) is 3.81. The summed E-state index contributed by atoms with van der Waals surface area (Å²) < 4.78 is 5.38. The Balaban J connectivity index is 1.90. The SMILES string of the molecule is CN=C(NCc1cccc(CN(C)C)c1)NCc1ccccc1OC. The van der Waals surface area contributed by atoms with Gasteiger partial charge in [0.2, 0.25) is 0 Å². The topological polar surface area (TPSA) is 48.9 Å². The summed E-state index contributed by atoms with van der Waals surface area (Å²) in [4.78, 5) is 6.46. The molecule has 2 N–H and O–H groups in total. The minimum atomic E-state index is 0.657. The second kappa shape index (κ2) is 9.69. The van der Waals surface area contributed by atoms with Gasteiger partial charge in [-0.2, -0.15) is 0 Å². The van der Waals surface area contributed by atoms with Crippen LogP contribution in [-0.4, -0.2) is 39.1 Å². The molecule has 0 aromatic heterocycles. The molecule has 0 saturated carbocycles. The summed E-state index contributed by atoms with van der Waals surface area (Å²) in [6, 6.07) is 16.6. The highest BCUT2D eigenvalue weighted by atomic mass is 16.5. The van der Waals surface area contributed by atoms with Crippen LogP contribution in [0.25, 0.3) is 0 Å². The highest BCUT2D eigenvalue weighted by molar-refractivity contribution is 5.79. The summed E-state index contributed by atoms with van der Waals surface area (Å²) in [5.74, 6) is 1.64. The van der Waals surface area contributed by atoms with E-state index < -0.39 is 0 Å². The van der Waals surface area contributed by atoms with Crippen molar-refractivity contribution in [1.82, 2.24) is 15.5 Å². The van der Waals surface area contributed by atoms with E-state index in [9.17, 15) is 0 Å². The van der Waals surface area contributed by atoms with Gasteiger partial charge in [0.1, 0.15) is 5.75 Å². The van der Waals surface area contributed by atoms with Gasteiger partial charge in [-0.25, -0.2) is 0 Å². The summed E-state index contributed by atoms with van der Waals surface area (Å²) in [6.07, 6.45) is 0. The minimum absolute atomic E-state index is 0.657. The van der Waals surface area contributed by atoms with Crippen LogP contribution in [0.5, 0.6) is 5.75 Å². The molecule has 0 radical (unpaired) electrons. The first-order valence-corrected chi connectivity index (χ1v) is 8.41. The molecule has 0 aliphatic rings. The molecule has 5 nitrogen and oxygen atoms in total. The number of ether oxygens (including phenoxy) is 1. The molecule has 5 heteroatoms. The van der Waals surface area contributed by atoms with Crippen LogP contribution in [0.4, 0.5) is 0 Å². The van der Waals surface area contributed by atoms with Crippen LogP contribution >= 0.6 is 0 Å². The lowest BCUT2D eigenvalue weighted by Gasteiger charge is -2.15. The Hall–Kier alpha value is -2.53. The first kappa shape index (κ1) is 18.8. The van der Waals surface area contributed by atoms with Gasteiger partial charge >= 0.3 is 0 Å². The third kappa shape index (κ3) is 6.12. The maximum Gasteiger partial charge on any atom is 0.191 e. The Morgan fingerprint density at radius 3 is 2.44 bits per heavy atom. The van der Waals surface area contributed by atoms with Gasteiger partial charge in [-0.05, 0) is 31.3 Å². The van der Waals surface area contributed by atoms with Crippen molar-refractivity contribution < 1.29 is 4.74 Å². The number of para-hydroxylation sites is 1. The Bertz CT molecular complexity index is 698. The van der Waals surface area contributed by atoms with E-state index in [0.29, 0.717) is 6.54 Å². The molecule has 0 aliphatic carbocycles. The molecule has 0 aliphatic heterocycles. The Morgan fingerprint density at radius 1 is 1.00 bits per heavy atom. The van der Waals surface area contributed by atoms with Gasteiger partial charge in [-0.15, -0.1) is 0 Å². The number of hydrogen-bond acceptors (Lipinski definition) is 3. The average molecular weight is 340 g/mol. The zero-order chi connectivity index (χ0) is 18.1. The number of guanidine groups is 1. The van der Waals surface area contributed by atoms with Crippen molar-refractivity contribution in [3.8, 4) is 5.75 Å². The molecule has 0 spiro atoms. The monoisotopic (exact) mass is 340 g/mol. The minimum Gasteiger partial charge on any atom is -0.496 e. The fraction of sp³-hybridized carbons (Fsp3) is 0.350. The number of benzene rings is 2. The number of aliphatic imine (C=N–C) groups is 1. The smallest absolute Gasteiger partial charge is 0.191 e. The highest BCUT2D eigenvalue weighted by Crippen LogP contribution is 2.16. The van der Waals surface area contributed by atoms with Crippen molar-refractivity contribution in [2.45, 2.75) is 19.6 Å². The molecule has 25 heavy (non-hydrogen) atoms. The quantitative estimate of drug-likeness (QED) is 0.601.